The number of carboxylic acids is 1. The number of carbonyl (C=O) groups excluding carboxylic acids is 2. The molecule has 0 aliphatic rings. The van der Waals surface area contributed by atoms with Crippen molar-refractivity contribution in [2.75, 3.05) is 13.7 Å². The normalized spacial score (nSPS) is 9.53. The quantitative estimate of drug-likeness (QED) is 0.808. The van der Waals surface area contributed by atoms with Gasteiger partial charge in [-0.25, -0.2) is 4.79 Å². The lowest BCUT2D eigenvalue weighted by Crippen LogP contribution is -2.34. The first kappa shape index (κ1) is 14.5. The van der Waals surface area contributed by atoms with Gasteiger partial charge in [0.2, 0.25) is 0 Å². The van der Waals surface area contributed by atoms with Crippen molar-refractivity contribution in [2.24, 2.45) is 0 Å². The summed E-state index contributed by atoms with van der Waals surface area (Å²) in [5, 5.41) is 10.5. The Morgan fingerprint density at radius 3 is 2.37 bits per heavy atom. The number of ether oxygens (including phenoxy) is 2. The third-order valence-corrected chi connectivity index (χ3v) is 2.08. The molecule has 0 radical (unpaired) electrons. The van der Waals surface area contributed by atoms with Gasteiger partial charge in [0.15, 0.2) is 6.61 Å². The highest BCUT2D eigenvalue weighted by Gasteiger charge is 2.08. The van der Waals surface area contributed by atoms with Gasteiger partial charge < -0.3 is 14.6 Å². The monoisotopic (exact) mass is 267 g/mol. The smallest absolute Gasteiger partial charge is 0.413 e. The Bertz CT molecular complexity index is 468. The molecule has 0 saturated heterocycles. The Kier molecular flexibility index (Phi) is 5.34. The number of methoxy groups -OCH3 is 1. The second kappa shape index (κ2) is 7.00. The number of carbonyl (C=O) groups is 3. The molecule has 0 aromatic heterocycles. The fourth-order valence-electron chi connectivity index (χ4n) is 1.23. The SMILES string of the molecule is COC(=O)NC(=O)COc1ccc(CC(=O)O)cc1. The second-order valence-electron chi connectivity index (χ2n) is 3.54. The predicted octanol–water partition coefficient (Wildman–Crippen LogP) is 0.575. The summed E-state index contributed by atoms with van der Waals surface area (Å²) in [6.07, 6.45) is -0.936. The maximum Gasteiger partial charge on any atom is 0.413 e. The maximum absolute atomic E-state index is 11.2. The van der Waals surface area contributed by atoms with Gasteiger partial charge in [-0.15, -0.1) is 0 Å². The van der Waals surface area contributed by atoms with E-state index in [4.69, 9.17) is 9.84 Å². The summed E-state index contributed by atoms with van der Waals surface area (Å²) in [4.78, 5) is 32.4. The summed E-state index contributed by atoms with van der Waals surface area (Å²) < 4.78 is 9.35. The van der Waals surface area contributed by atoms with E-state index in [-0.39, 0.29) is 13.0 Å². The van der Waals surface area contributed by atoms with Crippen LogP contribution in [0.3, 0.4) is 0 Å². The predicted molar refractivity (Wildman–Crippen MR) is 63.8 cm³/mol. The fourth-order valence-corrected chi connectivity index (χ4v) is 1.23. The fraction of sp³-hybridized carbons (Fsp3) is 0.250. The van der Waals surface area contributed by atoms with Crippen LogP contribution >= 0.6 is 0 Å². The molecule has 7 heteroatoms. The van der Waals surface area contributed by atoms with Crippen molar-refractivity contribution >= 4 is 18.0 Å². The van der Waals surface area contributed by atoms with Crippen LogP contribution in [0.4, 0.5) is 4.79 Å². The number of hydrogen-bond acceptors (Lipinski definition) is 5. The molecule has 19 heavy (non-hydrogen) atoms. The number of alkyl carbamates (subject to hydrolysis) is 1. The van der Waals surface area contributed by atoms with Gasteiger partial charge >= 0.3 is 12.1 Å². The minimum absolute atomic E-state index is 0.0803. The number of aliphatic carboxylic acids is 1. The highest BCUT2D eigenvalue weighted by atomic mass is 16.5. The Morgan fingerprint density at radius 2 is 1.84 bits per heavy atom. The Labute approximate surface area is 109 Å². The third kappa shape index (κ3) is 5.53. The lowest BCUT2D eigenvalue weighted by molar-refractivity contribution is -0.136. The summed E-state index contributed by atoms with van der Waals surface area (Å²) in [5.74, 6) is -1.17. The summed E-state index contributed by atoms with van der Waals surface area (Å²) in [6.45, 7) is -0.340. The zero-order valence-corrected chi connectivity index (χ0v) is 10.2. The van der Waals surface area contributed by atoms with Gasteiger partial charge in [-0.3, -0.25) is 14.9 Å². The largest absolute Gasteiger partial charge is 0.484 e. The van der Waals surface area contributed by atoms with Crippen LogP contribution < -0.4 is 10.1 Å². The summed E-state index contributed by atoms with van der Waals surface area (Å²) in [5.41, 5.74) is 0.624. The molecule has 0 atom stereocenters. The number of hydrogen-bond donors (Lipinski definition) is 2. The first-order valence-electron chi connectivity index (χ1n) is 5.32. The lowest BCUT2D eigenvalue weighted by Gasteiger charge is -2.06. The minimum atomic E-state index is -0.925. The average Bonchev–Trinajstić information content (AvgIpc) is 2.37. The molecule has 7 nitrogen and oxygen atoms in total. The van der Waals surface area contributed by atoms with Crippen LogP contribution in [0.2, 0.25) is 0 Å². The van der Waals surface area contributed by atoms with Crippen molar-refractivity contribution in [1.29, 1.82) is 0 Å². The van der Waals surface area contributed by atoms with Gasteiger partial charge in [-0.05, 0) is 17.7 Å². The molecule has 1 rings (SSSR count). The summed E-state index contributed by atoms with van der Waals surface area (Å²) in [6, 6.07) is 6.26. The molecular formula is C12H13NO6. The van der Waals surface area contributed by atoms with Crippen molar-refractivity contribution in [3.63, 3.8) is 0 Å². The van der Waals surface area contributed by atoms with Crippen molar-refractivity contribution in [2.45, 2.75) is 6.42 Å². The lowest BCUT2D eigenvalue weighted by atomic mass is 10.1. The molecule has 2 N–H and O–H groups in total. The molecule has 0 unspecified atom stereocenters. The van der Waals surface area contributed by atoms with Crippen molar-refractivity contribution < 1.29 is 29.0 Å². The van der Waals surface area contributed by atoms with Crippen LogP contribution in [0.5, 0.6) is 5.75 Å². The van der Waals surface area contributed by atoms with Gasteiger partial charge in [0, 0.05) is 0 Å². The Balaban J connectivity index is 2.43. The van der Waals surface area contributed by atoms with Crippen LogP contribution in [0, 0.1) is 0 Å². The standard InChI is InChI=1S/C12H13NO6/c1-18-12(17)13-10(14)7-19-9-4-2-8(3-5-9)6-11(15)16/h2-5H,6-7H2,1H3,(H,15,16)(H,13,14,17). The van der Waals surface area contributed by atoms with E-state index in [2.05, 4.69) is 4.74 Å². The van der Waals surface area contributed by atoms with Crippen LogP contribution in [0.25, 0.3) is 0 Å². The number of nitrogens with one attached hydrogen (secondary N) is 1. The van der Waals surface area contributed by atoms with E-state index < -0.39 is 18.0 Å². The summed E-state index contributed by atoms with van der Waals surface area (Å²) >= 11 is 0. The van der Waals surface area contributed by atoms with Crippen LogP contribution in [-0.2, 0) is 20.7 Å². The van der Waals surface area contributed by atoms with Gasteiger partial charge in [0.25, 0.3) is 5.91 Å². The van der Waals surface area contributed by atoms with E-state index in [0.717, 1.165) is 7.11 Å². The zero-order chi connectivity index (χ0) is 14.3. The highest BCUT2D eigenvalue weighted by Crippen LogP contribution is 2.12. The molecule has 2 amide bonds. The average molecular weight is 267 g/mol. The second-order valence-corrected chi connectivity index (χ2v) is 3.54. The third-order valence-electron chi connectivity index (χ3n) is 2.08. The highest BCUT2D eigenvalue weighted by molar-refractivity contribution is 5.92. The Morgan fingerprint density at radius 1 is 1.21 bits per heavy atom. The van der Waals surface area contributed by atoms with Gasteiger partial charge in [-0.2, -0.15) is 0 Å². The van der Waals surface area contributed by atoms with E-state index >= 15 is 0 Å². The first-order chi connectivity index (χ1) is 9.01. The zero-order valence-electron chi connectivity index (χ0n) is 10.2. The summed E-state index contributed by atoms with van der Waals surface area (Å²) in [7, 11) is 1.14. The van der Waals surface area contributed by atoms with E-state index in [1.807, 2.05) is 5.32 Å². The molecule has 0 bridgehead atoms. The minimum Gasteiger partial charge on any atom is -0.484 e. The van der Waals surface area contributed by atoms with Crippen LogP contribution in [0.1, 0.15) is 5.56 Å². The maximum atomic E-state index is 11.2. The molecule has 0 fully saturated rings. The van der Waals surface area contributed by atoms with Gasteiger partial charge in [0.05, 0.1) is 13.5 Å². The molecule has 1 aromatic rings. The molecule has 0 aliphatic carbocycles. The van der Waals surface area contributed by atoms with Gasteiger partial charge in [-0.1, -0.05) is 12.1 Å². The molecule has 102 valence electrons. The topological polar surface area (TPSA) is 102 Å². The molecule has 0 spiro atoms. The van der Waals surface area contributed by atoms with E-state index in [1.54, 1.807) is 24.3 Å². The van der Waals surface area contributed by atoms with E-state index in [1.165, 1.54) is 0 Å². The van der Waals surface area contributed by atoms with Crippen molar-refractivity contribution in [3.05, 3.63) is 29.8 Å². The molecule has 1 aromatic carbocycles. The van der Waals surface area contributed by atoms with Crippen LogP contribution in [-0.4, -0.2) is 36.8 Å². The molecule has 0 heterocycles. The number of benzene rings is 1. The molecule has 0 saturated carbocycles. The van der Waals surface area contributed by atoms with Crippen molar-refractivity contribution in [1.82, 2.24) is 5.32 Å². The van der Waals surface area contributed by atoms with Crippen molar-refractivity contribution in [3.8, 4) is 5.75 Å². The molecule has 0 aliphatic heterocycles. The number of imide groups is 1. The molecular weight excluding hydrogens is 254 g/mol. The van der Waals surface area contributed by atoms with Crippen LogP contribution in [0.15, 0.2) is 24.3 Å². The number of amides is 2. The van der Waals surface area contributed by atoms with E-state index in [9.17, 15) is 14.4 Å². The van der Waals surface area contributed by atoms with E-state index in [0.29, 0.717) is 11.3 Å². The number of carboxylic acid groups (broad SMARTS) is 1. The first-order valence-corrected chi connectivity index (χ1v) is 5.32. The number of rotatable bonds is 5. The Hall–Kier alpha value is -2.57. The van der Waals surface area contributed by atoms with Gasteiger partial charge in [0.1, 0.15) is 5.75 Å².